The summed E-state index contributed by atoms with van der Waals surface area (Å²) in [7, 11) is 0. The Morgan fingerprint density at radius 2 is 0.650 bits per heavy atom. The van der Waals surface area contributed by atoms with Gasteiger partial charge >= 0.3 is 0 Å². The van der Waals surface area contributed by atoms with Gasteiger partial charge in [-0.2, -0.15) is 30.7 Å². The Balaban J connectivity index is -0.000000250. The van der Waals surface area contributed by atoms with E-state index in [1.807, 2.05) is 27.7 Å². The molecule has 222 valence electrons. The van der Waals surface area contributed by atoms with Crippen LogP contribution in [0.5, 0.6) is 0 Å². The van der Waals surface area contributed by atoms with Crippen LogP contribution in [0.15, 0.2) is 0 Å². The molecule has 0 bridgehead atoms. The molecule has 4 aromatic rings. The summed E-state index contributed by atoms with van der Waals surface area (Å²) < 4.78 is 0. The maximum Gasteiger partial charge on any atom is 0.0629 e. The van der Waals surface area contributed by atoms with Crippen LogP contribution in [0.1, 0.15) is 67.8 Å². The molecule has 8 N–H and O–H groups in total. The van der Waals surface area contributed by atoms with Crippen LogP contribution in [0.4, 0.5) is 0 Å². The SMILES string of the molecule is Cc1n[nH]c(C)c1Cc1c(C)n[nH]c1C.Cc1n[nH]c(C)c1Cc1c(C)n[nH]c1C.[Mn].[Mn].[N-]=C=S.[N-]=C=S.[NH2-].[NH2-]. The molecule has 0 aliphatic rings. The zero-order valence-electron chi connectivity index (χ0n) is 23.8. The largest absolute Gasteiger partial charge is 0.753 e. The Kier molecular flexibility index (Phi) is 24.6. The molecule has 0 unspecified atom stereocenters. The molecule has 0 atom stereocenters. The monoisotopic (exact) mass is 666 g/mol. The second-order valence-corrected chi connectivity index (χ2v) is 8.55. The number of H-pyrrole nitrogens is 4. The van der Waals surface area contributed by atoms with Gasteiger partial charge in [0, 0.05) is 92.0 Å². The normalized spacial score (nSPS) is 8.60. The van der Waals surface area contributed by atoms with Crippen LogP contribution >= 0.6 is 24.4 Å². The van der Waals surface area contributed by atoms with Crippen molar-refractivity contribution in [1.82, 2.24) is 40.8 Å². The molecule has 0 saturated heterocycles. The van der Waals surface area contributed by atoms with Gasteiger partial charge in [-0.05, 0) is 55.4 Å². The quantitative estimate of drug-likeness (QED) is 0.106. The number of aromatic amines is 4. The fourth-order valence-electron chi connectivity index (χ4n) is 3.69. The first-order valence-electron chi connectivity index (χ1n) is 11.1. The second kappa shape index (κ2) is 22.1. The molecule has 4 heterocycles. The molecule has 0 fully saturated rings. The van der Waals surface area contributed by atoms with Crippen LogP contribution in [0.2, 0.25) is 0 Å². The van der Waals surface area contributed by atoms with E-state index in [9.17, 15) is 0 Å². The number of nitrogens with two attached hydrogens (primary N) is 2. The maximum absolute atomic E-state index is 7.13. The maximum atomic E-state index is 7.13. The molecule has 0 aromatic carbocycles. The Morgan fingerprint density at radius 3 is 0.750 bits per heavy atom. The second-order valence-electron chi connectivity index (χ2n) is 8.19. The van der Waals surface area contributed by atoms with Crippen molar-refractivity contribution < 1.29 is 34.1 Å². The summed E-state index contributed by atoms with van der Waals surface area (Å²) >= 11 is 7.40. The van der Waals surface area contributed by atoms with E-state index >= 15 is 0 Å². The van der Waals surface area contributed by atoms with Crippen molar-refractivity contribution in [3.8, 4) is 0 Å². The summed E-state index contributed by atoms with van der Waals surface area (Å²) in [5.74, 6) is 0. The predicted octanol–water partition coefficient (Wildman–Crippen LogP) is 6.66. The molecule has 0 aliphatic heterocycles. The average molecular weight is 667 g/mol. The molecule has 0 spiro atoms. The van der Waals surface area contributed by atoms with Gasteiger partial charge in [0.1, 0.15) is 0 Å². The number of aromatic nitrogens is 8. The van der Waals surface area contributed by atoms with Crippen molar-refractivity contribution in [2.24, 2.45) is 0 Å². The van der Waals surface area contributed by atoms with Crippen molar-refractivity contribution in [3.05, 3.63) is 90.9 Å². The van der Waals surface area contributed by atoms with Gasteiger partial charge < -0.3 is 23.1 Å². The third-order valence-electron chi connectivity index (χ3n) is 5.83. The van der Waals surface area contributed by atoms with E-state index < -0.39 is 0 Å². The molecular formula is C24H36Mn2N12S2-4. The molecule has 4 rings (SSSR count). The van der Waals surface area contributed by atoms with Gasteiger partial charge in [0.05, 0.1) is 22.8 Å². The van der Waals surface area contributed by atoms with E-state index in [-0.39, 0.29) is 46.4 Å². The first-order valence-corrected chi connectivity index (χ1v) is 11.9. The Bertz CT molecular complexity index is 1070. The number of thiocarbonyl (C=S) groups is 2. The summed E-state index contributed by atoms with van der Waals surface area (Å²) in [6.07, 6.45) is 1.81. The minimum absolute atomic E-state index is 0. The van der Waals surface area contributed by atoms with Crippen molar-refractivity contribution >= 4 is 34.8 Å². The van der Waals surface area contributed by atoms with E-state index in [1.165, 1.54) is 32.6 Å². The van der Waals surface area contributed by atoms with Gasteiger partial charge in [-0.15, -0.1) is 0 Å². The minimum Gasteiger partial charge on any atom is -0.753 e. The van der Waals surface area contributed by atoms with E-state index in [1.54, 1.807) is 0 Å². The summed E-state index contributed by atoms with van der Waals surface area (Å²) in [6, 6.07) is 0. The zero-order valence-corrected chi connectivity index (χ0v) is 27.8. The fourth-order valence-corrected chi connectivity index (χ4v) is 3.69. The number of nitrogens with one attached hydrogen (secondary N) is 4. The van der Waals surface area contributed by atoms with Gasteiger partial charge in [-0.1, -0.05) is 24.4 Å². The van der Waals surface area contributed by atoms with Crippen molar-refractivity contribution in [1.29, 1.82) is 0 Å². The van der Waals surface area contributed by atoms with Gasteiger partial charge in [0.15, 0.2) is 0 Å². The molecule has 4 aromatic heterocycles. The summed E-state index contributed by atoms with van der Waals surface area (Å²) in [5.41, 5.74) is 14.0. The van der Waals surface area contributed by atoms with Gasteiger partial charge in [-0.3, -0.25) is 20.4 Å². The summed E-state index contributed by atoms with van der Waals surface area (Å²) in [6.45, 7) is 16.3. The van der Waals surface area contributed by atoms with Crippen molar-refractivity contribution in [2.75, 3.05) is 0 Å². The number of rotatable bonds is 4. The number of aryl methyl sites for hydroxylation is 8. The van der Waals surface area contributed by atoms with Gasteiger partial charge in [0.25, 0.3) is 0 Å². The number of hydrogen-bond donors (Lipinski definition) is 4. The molecular weight excluding hydrogens is 630 g/mol. The third-order valence-corrected chi connectivity index (χ3v) is 5.83. The van der Waals surface area contributed by atoms with Crippen molar-refractivity contribution in [3.63, 3.8) is 0 Å². The standard InChI is InChI=1S/2C11H16N4.2CNS.2Mn.2H2N/c2*1-6-10(7(2)13-12-6)5-11-8(3)14-15-9(11)4;2*2-1-3;;;;/h2*5H2,1-4H3,(H,12,13)(H,14,15);;;;;2*1H2/q;;2*-1;;;2*-1. The average Bonchev–Trinajstić information content (AvgIpc) is 3.53. The first-order chi connectivity index (χ1) is 17.0. The van der Waals surface area contributed by atoms with E-state index in [0.29, 0.717) is 0 Å². The van der Waals surface area contributed by atoms with Crippen LogP contribution in [0, 0.1) is 55.4 Å². The number of hydrogen-bond acceptors (Lipinski definition) is 6. The van der Waals surface area contributed by atoms with Crippen LogP contribution < -0.4 is 0 Å². The Labute approximate surface area is 267 Å². The molecule has 16 heteroatoms. The fraction of sp³-hybridized carbons (Fsp3) is 0.417. The third kappa shape index (κ3) is 12.7. The molecule has 12 nitrogen and oxygen atoms in total. The Hall–Kier alpha value is -2.60. The van der Waals surface area contributed by atoms with Crippen LogP contribution in [0.25, 0.3) is 23.1 Å². The van der Waals surface area contributed by atoms with Gasteiger partial charge in [-0.25, -0.2) is 0 Å². The van der Waals surface area contributed by atoms with Crippen LogP contribution in [0.3, 0.4) is 0 Å². The summed E-state index contributed by atoms with van der Waals surface area (Å²) in [4.78, 5) is 0. The van der Waals surface area contributed by atoms with Gasteiger partial charge in [0.2, 0.25) is 0 Å². The van der Waals surface area contributed by atoms with Crippen LogP contribution in [-0.4, -0.2) is 51.1 Å². The zero-order chi connectivity index (χ0) is 27.4. The van der Waals surface area contributed by atoms with E-state index in [4.69, 9.17) is 10.8 Å². The van der Waals surface area contributed by atoms with E-state index in [0.717, 1.165) is 58.4 Å². The number of isothiocyanates is 2. The predicted molar refractivity (Wildman–Crippen MR) is 160 cm³/mol. The smallest absolute Gasteiger partial charge is 0.0629 e. The van der Waals surface area contributed by atoms with Crippen LogP contribution in [-0.2, 0) is 47.0 Å². The molecule has 0 saturated carbocycles. The molecule has 0 aliphatic carbocycles. The first kappa shape index (κ1) is 44.4. The topological polar surface area (TPSA) is 226 Å². The Morgan fingerprint density at radius 1 is 0.500 bits per heavy atom. The van der Waals surface area contributed by atoms with Crippen molar-refractivity contribution in [2.45, 2.75) is 68.2 Å². The molecule has 0 amide bonds. The minimum atomic E-state index is 0. The van der Waals surface area contributed by atoms with E-state index in [2.05, 4.69) is 92.9 Å². The molecule has 2 radical (unpaired) electrons. The number of nitrogens with zero attached hydrogens (tertiary/aromatic N) is 6. The summed E-state index contributed by atoms with van der Waals surface area (Å²) in [5, 5.41) is 45.8. The molecule has 40 heavy (non-hydrogen) atoms.